The number of carbonyl (C=O) groups excluding carboxylic acids is 3. The second-order valence-corrected chi connectivity index (χ2v) is 7.43. The molecule has 0 bridgehead atoms. The van der Waals surface area contributed by atoms with E-state index < -0.39 is 29.9 Å². The molecule has 2 aromatic carbocycles. The maximum atomic E-state index is 13.0. The number of nitrogens with zero attached hydrogens (tertiary/aromatic N) is 1. The minimum atomic E-state index is -1.27. The van der Waals surface area contributed by atoms with Crippen LogP contribution in [0.15, 0.2) is 46.9 Å². The Bertz CT molecular complexity index is 958. The van der Waals surface area contributed by atoms with E-state index in [0.29, 0.717) is 27.2 Å². The molecule has 1 atom stereocenters. The summed E-state index contributed by atoms with van der Waals surface area (Å²) in [7, 11) is 2.99. The van der Waals surface area contributed by atoms with Crippen molar-refractivity contribution in [3.63, 3.8) is 0 Å². The van der Waals surface area contributed by atoms with Gasteiger partial charge in [-0.25, -0.2) is 4.79 Å². The van der Waals surface area contributed by atoms with Crippen LogP contribution in [0, 0.1) is 0 Å². The molecular weight excluding hydrogens is 442 g/mol. The van der Waals surface area contributed by atoms with Crippen LogP contribution in [-0.4, -0.2) is 43.5 Å². The number of imide groups is 1. The summed E-state index contributed by atoms with van der Waals surface area (Å²) in [5.41, 5.74) is -0.234. The van der Waals surface area contributed by atoms with Crippen LogP contribution in [0.25, 0.3) is 0 Å². The summed E-state index contributed by atoms with van der Waals surface area (Å²) in [6, 6.07) is 11.4. The molecule has 1 aliphatic rings. The zero-order chi connectivity index (χ0) is 21.2. The van der Waals surface area contributed by atoms with Crippen molar-refractivity contribution < 1.29 is 23.9 Å². The maximum absolute atomic E-state index is 13.0. The van der Waals surface area contributed by atoms with Crippen molar-refractivity contribution in [1.29, 1.82) is 0 Å². The van der Waals surface area contributed by atoms with Gasteiger partial charge in [0.05, 0.1) is 14.2 Å². The van der Waals surface area contributed by atoms with Gasteiger partial charge in [-0.3, -0.25) is 14.5 Å². The Balaban J connectivity index is 1.77. The number of urea groups is 1. The third-order valence-electron chi connectivity index (χ3n) is 4.62. The predicted octanol–water partition coefficient (Wildman–Crippen LogP) is 2.87. The molecule has 29 heavy (non-hydrogen) atoms. The van der Waals surface area contributed by atoms with Crippen LogP contribution in [-0.2, 0) is 15.1 Å². The van der Waals surface area contributed by atoms with Gasteiger partial charge < -0.3 is 20.1 Å². The maximum Gasteiger partial charge on any atom is 0.325 e. The van der Waals surface area contributed by atoms with Crippen molar-refractivity contribution in [2.75, 3.05) is 26.1 Å². The Labute approximate surface area is 176 Å². The number of amides is 4. The SMILES string of the molecule is COc1cc(NC(=O)CN2C(=O)N[C@](C)(c3ccccc3Br)C2=O)cc(OC)c1. The summed E-state index contributed by atoms with van der Waals surface area (Å²) in [6.45, 7) is 1.18. The minimum absolute atomic E-state index is 0.423. The number of hydrogen-bond donors (Lipinski definition) is 2. The topological polar surface area (TPSA) is 97.0 Å². The highest BCUT2D eigenvalue weighted by atomic mass is 79.9. The number of benzene rings is 2. The van der Waals surface area contributed by atoms with Crippen LogP contribution in [0.2, 0.25) is 0 Å². The summed E-state index contributed by atoms with van der Waals surface area (Å²) in [5, 5.41) is 5.34. The molecule has 2 aromatic rings. The standard InChI is InChI=1S/C20H20BrN3O5/c1-20(15-6-4-5-7-16(15)21)18(26)24(19(27)23-20)11-17(25)22-12-8-13(28-2)10-14(9-12)29-3/h4-10H,11H2,1-3H3,(H,22,25)(H,23,27)/t20-/m1/s1. The van der Waals surface area contributed by atoms with Crippen molar-refractivity contribution in [2.45, 2.75) is 12.5 Å². The second kappa shape index (κ2) is 8.12. The molecule has 3 rings (SSSR count). The normalized spacial score (nSPS) is 18.4. The molecule has 0 radical (unpaired) electrons. The molecule has 1 saturated heterocycles. The third-order valence-corrected chi connectivity index (χ3v) is 5.32. The van der Waals surface area contributed by atoms with E-state index in [4.69, 9.17) is 9.47 Å². The van der Waals surface area contributed by atoms with Crippen LogP contribution in [0.1, 0.15) is 12.5 Å². The summed E-state index contributed by atoms with van der Waals surface area (Å²) < 4.78 is 11.0. The zero-order valence-electron chi connectivity index (χ0n) is 16.1. The molecule has 0 unspecified atom stereocenters. The van der Waals surface area contributed by atoms with E-state index in [1.165, 1.54) is 14.2 Å². The highest BCUT2D eigenvalue weighted by Crippen LogP contribution is 2.33. The Kier molecular flexibility index (Phi) is 5.78. The fourth-order valence-corrected chi connectivity index (χ4v) is 3.79. The second-order valence-electron chi connectivity index (χ2n) is 6.58. The Hall–Kier alpha value is -3.07. The first-order valence-electron chi connectivity index (χ1n) is 8.70. The Morgan fingerprint density at radius 2 is 1.76 bits per heavy atom. The van der Waals surface area contributed by atoms with Gasteiger partial charge in [-0.2, -0.15) is 0 Å². The van der Waals surface area contributed by atoms with E-state index in [9.17, 15) is 14.4 Å². The smallest absolute Gasteiger partial charge is 0.325 e. The van der Waals surface area contributed by atoms with E-state index in [1.807, 2.05) is 6.07 Å². The van der Waals surface area contributed by atoms with Crippen LogP contribution < -0.4 is 20.1 Å². The molecule has 0 aliphatic carbocycles. The van der Waals surface area contributed by atoms with E-state index in [-0.39, 0.29) is 0 Å². The van der Waals surface area contributed by atoms with Crippen LogP contribution in [0.4, 0.5) is 10.5 Å². The van der Waals surface area contributed by atoms with Crippen LogP contribution >= 0.6 is 15.9 Å². The number of hydrogen-bond acceptors (Lipinski definition) is 5. The molecule has 2 N–H and O–H groups in total. The molecule has 9 heteroatoms. The average molecular weight is 462 g/mol. The number of anilines is 1. The van der Waals surface area contributed by atoms with Gasteiger partial charge in [-0.1, -0.05) is 34.1 Å². The van der Waals surface area contributed by atoms with Gasteiger partial charge in [0.2, 0.25) is 5.91 Å². The van der Waals surface area contributed by atoms with Gasteiger partial charge in [0.25, 0.3) is 5.91 Å². The molecule has 1 aliphatic heterocycles. The Morgan fingerprint density at radius 1 is 1.14 bits per heavy atom. The lowest BCUT2D eigenvalue weighted by Crippen LogP contribution is -2.42. The number of rotatable bonds is 6. The van der Waals surface area contributed by atoms with Crippen molar-refractivity contribution >= 4 is 39.5 Å². The largest absolute Gasteiger partial charge is 0.497 e. The predicted molar refractivity (Wildman–Crippen MR) is 110 cm³/mol. The molecule has 4 amide bonds. The van der Waals surface area contributed by atoms with Crippen LogP contribution in [0.3, 0.4) is 0 Å². The number of nitrogens with one attached hydrogen (secondary N) is 2. The van der Waals surface area contributed by atoms with Gasteiger partial charge in [0.1, 0.15) is 23.6 Å². The monoisotopic (exact) mass is 461 g/mol. The number of carbonyl (C=O) groups is 3. The van der Waals surface area contributed by atoms with Gasteiger partial charge in [0.15, 0.2) is 0 Å². The highest BCUT2D eigenvalue weighted by Gasteiger charge is 2.50. The van der Waals surface area contributed by atoms with Crippen molar-refractivity contribution in [3.05, 3.63) is 52.5 Å². The highest BCUT2D eigenvalue weighted by molar-refractivity contribution is 9.10. The lowest BCUT2D eigenvalue weighted by molar-refractivity contribution is -0.133. The summed E-state index contributed by atoms with van der Waals surface area (Å²) >= 11 is 3.41. The van der Waals surface area contributed by atoms with Gasteiger partial charge in [-0.05, 0) is 13.0 Å². The molecule has 0 spiro atoms. The third kappa shape index (κ3) is 4.04. The molecule has 0 aromatic heterocycles. The van der Waals surface area contributed by atoms with Gasteiger partial charge >= 0.3 is 6.03 Å². The van der Waals surface area contributed by atoms with Gasteiger partial charge in [0, 0.05) is 33.9 Å². The quantitative estimate of drug-likeness (QED) is 0.644. The number of ether oxygens (including phenoxy) is 2. The average Bonchev–Trinajstić information content (AvgIpc) is 2.91. The first kappa shape index (κ1) is 20.7. The van der Waals surface area contributed by atoms with Crippen molar-refractivity contribution in [3.8, 4) is 11.5 Å². The van der Waals surface area contributed by atoms with E-state index in [1.54, 1.807) is 43.3 Å². The Morgan fingerprint density at radius 3 is 2.34 bits per heavy atom. The van der Waals surface area contributed by atoms with Crippen LogP contribution in [0.5, 0.6) is 11.5 Å². The fourth-order valence-electron chi connectivity index (χ4n) is 3.11. The number of halogens is 1. The van der Waals surface area contributed by atoms with E-state index in [2.05, 4.69) is 26.6 Å². The molecule has 8 nitrogen and oxygen atoms in total. The van der Waals surface area contributed by atoms with Crippen molar-refractivity contribution in [1.82, 2.24) is 10.2 Å². The summed E-state index contributed by atoms with van der Waals surface area (Å²) in [6.07, 6.45) is 0. The first-order valence-corrected chi connectivity index (χ1v) is 9.50. The number of methoxy groups -OCH3 is 2. The molecule has 1 heterocycles. The molecule has 0 saturated carbocycles. The zero-order valence-corrected chi connectivity index (χ0v) is 17.7. The molecule has 152 valence electrons. The fraction of sp³-hybridized carbons (Fsp3) is 0.250. The summed E-state index contributed by atoms with van der Waals surface area (Å²) in [4.78, 5) is 38.8. The minimum Gasteiger partial charge on any atom is -0.497 e. The molecule has 1 fully saturated rings. The lowest BCUT2D eigenvalue weighted by atomic mass is 9.92. The van der Waals surface area contributed by atoms with Crippen molar-refractivity contribution in [2.24, 2.45) is 0 Å². The summed E-state index contributed by atoms with van der Waals surface area (Å²) in [5.74, 6) is -0.0414. The van der Waals surface area contributed by atoms with Gasteiger partial charge in [-0.15, -0.1) is 0 Å². The lowest BCUT2D eigenvalue weighted by Gasteiger charge is -2.23. The molecular formula is C20H20BrN3O5. The van der Waals surface area contributed by atoms with E-state index in [0.717, 1.165) is 4.90 Å². The van der Waals surface area contributed by atoms with E-state index >= 15 is 0 Å². The first-order chi connectivity index (χ1) is 13.8.